The van der Waals surface area contributed by atoms with Gasteiger partial charge in [0.15, 0.2) is 5.58 Å². The molecule has 2 heterocycles. The van der Waals surface area contributed by atoms with Crippen molar-refractivity contribution in [1.29, 1.82) is 0 Å². The van der Waals surface area contributed by atoms with Crippen LogP contribution in [0.5, 0.6) is 0 Å². The molecule has 0 aliphatic carbocycles. The van der Waals surface area contributed by atoms with Gasteiger partial charge < -0.3 is 8.83 Å². The Morgan fingerprint density at radius 2 is 2.15 bits per heavy atom. The summed E-state index contributed by atoms with van der Waals surface area (Å²) in [6.07, 6.45) is 3.23. The molecule has 0 bridgehead atoms. The number of nitrogens with one attached hydrogen (secondary N) is 1. The number of halogens is 1. The maximum atomic E-state index is 6.12. The van der Waals surface area contributed by atoms with Crippen molar-refractivity contribution < 1.29 is 8.83 Å². The second-order valence-electron chi connectivity index (χ2n) is 4.64. The minimum Gasteiger partial charge on any atom is -0.469 e. The van der Waals surface area contributed by atoms with Crippen LogP contribution in [0.2, 0.25) is 5.02 Å². The fourth-order valence-corrected chi connectivity index (χ4v) is 2.49. The first-order chi connectivity index (χ1) is 9.78. The van der Waals surface area contributed by atoms with Crippen LogP contribution in [-0.4, -0.2) is 0 Å². The van der Waals surface area contributed by atoms with E-state index in [1.807, 2.05) is 36.4 Å². The Kier molecular flexibility index (Phi) is 3.78. The van der Waals surface area contributed by atoms with Crippen LogP contribution in [0.15, 0.2) is 51.5 Å². The zero-order valence-electron chi connectivity index (χ0n) is 10.8. The minimum absolute atomic E-state index is 0.0800. The fourth-order valence-electron chi connectivity index (χ4n) is 2.27. The molecule has 3 N–H and O–H groups in total. The molecule has 0 aliphatic rings. The molecule has 104 valence electrons. The summed E-state index contributed by atoms with van der Waals surface area (Å²) in [6, 6.07) is 11.4. The molecule has 0 aliphatic heterocycles. The molecule has 2 aromatic heterocycles. The van der Waals surface area contributed by atoms with Gasteiger partial charge in [-0.15, -0.1) is 0 Å². The van der Waals surface area contributed by atoms with Crippen LogP contribution in [0.1, 0.15) is 24.0 Å². The van der Waals surface area contributed by atoms with Gasteiger partial charge in [0.25, 0.3) is 0 Å². The number of nitrogens with two attached hydrogens (primary N) is 1. The first kappa shape index (κ1) is 13.2. The first-order valence-corrected chi connectivity index (χ1v) is 6.82. The smallest absolute Gasteiger partial charge is 0.152 e. The molecule has 0 saturated carbocycles. The van der Waals surface area contributed by atoms with Crippen LogP contribution in [0, 0.1) is 0 Å². The molecule has 1 atom stereocenters. The normalized spacial score (nSPS) is 12.9. The van der Waals surface area contributed by atoms with Crippen LogP contribution >= 0.6 is 11.6 Å². The van der Waals surface area contributed by atoms with E-state index < -0.39 is 0 Å². The predicted octanol–water partition coefficient (Wildman–Crippen LogP) is 3.82. The molecule has 5 heteroatoms. The Bertz CT molecular complexity index is 691. The standard InChI is InChI=1S/C15H15ClN2O2/c16-12-5-1-3-10-9-14(20-15(10)12)13(18-17)7-6-11-4-2-8-19-11/h1-5,8-9,13,18H,6-7,17H2. The summed E-state index contributed by atoms with van der Waals surface area (Å²) in [5, 5.41) is 1.58. The third-order valence-electron chi connectivity index (χ3n) is 3.32. The van der Waals surface area contributed by atoms with Crippen molar-refractivity contribution in [2.45, 2.75) is 18.9 Å². The summed E-state index contributed by atoms with van der Waals surface area (Å²) in [6.45, 7) is 0. The van der Waals surface area contributed by atoms with Gasteiger partial charge in [-0.2, -0.15) is 0 Å². The van der Waals surface area contributed by atoms with E-state index in [1.165, 1.54) is 0 Å². The molecule has 0 radical (unpaired) electrons. The highest BCUT2D eigenvalue weighted by Crippen LogP contribution is 2.30. The predicted molar refractivity (Wildman–Crippen MR) is 78.3 cm³/mol. The van der Waals surface area contributed by atoms with Gasteiger partial charge in [-0.1, -0.05) is 23.7 Å². The van der Waals surface area contributed by atoms with Crippen molar-refractivity contribution in [3.05, 3.63) is 59.2 Å². The van der Waals surface area contributed by atoms with E-state index in [9.17, 15) is 0 Å². The van der Waals surface area contributed by atoms with Gasteiger partial charge in [0.2, 0.25) is 0 Å². The maximum absolute atomic E-state index is 6.12. The number of hydrazine groups is 1. The molecular formula is C15H15ClN2O2. The second kappa shape index (κ2) is 5.71. The third-order valence-corrected chi connectivity index (χ3v) is 3.62. The van der Waals surface area contributed by atoms with Gasteiger partial charge in [-0.25, -0.2) is 5.43 Å². The van der Waals surface area contributed by atoms with Crippen LogP contribution < -0.4 is 11.3 Å². The van der Waals surface area contributed by atoms with E-state index in [4.69, 9.17) is 26.3 Å². The lowest BCUT2D eigenvalue weighted by Gasteiger charge is -2.11. The molecule has 3 rings (SSSR count). The highest BCUT2D eigenvalue weighted by atomic mass is 35.5. The molecule has 0 spiro atoms. The van der Waals surface area contributed by atoms with E-state index >= 15 is 0 Å². The van der Waals surface area contributed by atoms with Gasteiger partial charge in [-0.3, -0.25) is 5.84 Å². The largest absolute Gasteiger partial charge is 0.469 e. The second-order valence-corrected chi connectivity index (χ2v) is 5.05. The molecule has 3 aromatic rings. The lowest BCUT2D eigenvalue weighted by atomic mass is 10.1. The highest BCUT2D eigenvalue weighted by Gasteiger charge is 2.16. The monoisotopic (exact) mass is 290 g/mol. The maximum Gasteiger partial charge on any atom is 0.152 e. The van der Waals surface area contributed by atoms with Gasteiger partial charge in [0.05, 0.1) is 17.3 Å². The van der Waals surface area contributed by atoms with Crippen LogP contribution in [0.4, 0.5) is 0 Å². The van der Waals surface area contributed by atoms with E-state index in [1.54, 1.807) is 6.26 Å². The number of fused-ring (bicyclic) bond motifs is 1. The number of furan rings is 2. The van der Waals surface area contributed by atoms with Crippen molar-refractivity contribution >= 4 is 22.6 Å². The quantitative estimate of drug-likeness (QED) is 0.554. The first-order valence-electron chi connectivity index (χ1n) is 6.44. The average molecular weight is 291 g/mol. The summed E-state index contributed by atoms with van der Waals surface area (Å²) in [7, 11) is 0. The molecule has 0 amide bonds. The lowest BCUT2D eigenvalue weighted by molar-refractivity contribution is 0.401. The van der Waals surface area contributed by atoms with Crippen molar-refractivity contribution in [3.63, 3.8) is 0 Å². The Morgan fingerprint density at radius 3 is 2.85 bits per heavy atom. The summed E-state index contributed by atoms with van der Waals surface area (Å²) in [4.78, 5) is 0. The Hall–Kier alpha value is -1.75. The number of aryl methyl sites for hydroxylation is 1. The van der Waals surface area contributed by atoms with E-state index in [0.29, 0.717) is 10.6 Å². The van der Waals surface area contributed by atoms with E-state index in [2.05, 4.69) is 5.43 Å². The fraction of sp³-hybridized carbons (Fsp3) is 0.200. The topological polar surface area (TPSA) is 64.3 Å². The summed E-state index contributed by atoms with van der Waals surface area (Å²) >= 11 is 6.12. The molecule has 20 heavy (non-hydrogen) atoms. The number of benzene rings is 1. The molecule has 1 unspecified atom stereocenters. The van der Waals surface area contributed by atoms with E-state index in [0.717, 1.165) is 29.7 Å². The number of rotatable bonds is 5. The van der Waals surface area contributed by atoms with Crippen LogP contribution in [0.25, 0.3) is 11.0 Å². The molecule has 4 nitrogen and oxygen atoms in total. The summed E-state index contributed by atoms with van der Waals surface area (Å²) in [5.41, 5.74) is 3.48. The minimum atomic E-state index is -0.0800. The average Bonchev–Trinajstić information content (AvgIpc) is 3.09. The van der Waals surface area contributed by atoms with Crippen molar-refractivity contribution in [1.82, 2.24) is 5.43 Å². The highest BCUT2D eigenvalue weighted by molar-refractivity contribution is 6.34. The van der Waals surface area contributed by atoms with Gasteiger partial charge in [-0.05, 0) is 30.7 Å². The SMILES string of the molecule is NNC(CCc1ccco1)c1cc2cccc(Cl)c2o1. The Balaban J connectivity index is 1.81. The zero-order chi connectivity index (χ0) is 13.9. The van der Waals surface area contributed by atoms with Gasteiger partial charge in [0, 0.05) is 11.8 Å². The van der Waals surface area contributed by atoms with Crippen LogP contribution in [0.3, 0.4) is 0 Å². The van der Waals surface area contributed by atoms with Gasteiger partial charge >= 0.3 is 0 Å². The molecule has 1 aromatic carbocycles. The van der Waals surface area contributed by atoms with Gasteiger partial charge in [0.1, 0.15) is 11.5 Å². The van der Waals surface area contributed by atoms with E-state index in [-0.39, 0.29) is 6.04 Å². The van der Waals surface area contributed by atoms with Crippen LogP contribution in [-0.2, 0) is 6.42 Å². The molecule has 0 saturated heterocycles. The van der Waals surface area contributed by atoms with Crippen molar-refractivity contribution in [3.8, 4) is 0 Å². The number of hydrogen-bond acceptors (Lipinski definition) is 4. The Labute approximate surface area is 121 Å². The molecular weight excluding hydrogens is 276 g/mol. The van der Waals surface area contributed by atoms with Crippen molar-refractivity contribution in [2.75, 3.05) is 0 Å². The summed E-state index contributed by atoms with van der Waals surface area (Å²) in [5.74, 6) is 7.34. The number of para-hydroxylation sites is 1. The zero-order valence-corrected chi connectivity index (χ0v) is 11.6. The summed E-state index contributed by atoms with van der Waals surface area (Å²) < 4.78 is 11.1. The number of hydrogen-bond donors (Lipinski definition) is 2. The lowest BCUT2D eigenvalue weighted by Crippen LogP contribution is -2.28. The third kappa shape index (κ3) is 2.58. The molecule has 0 fully saturated rings. The van der Waals surface area contributed by atoms with Crippen molar-refractivity contribution in [2.24, 2.45) is 5.84 Å². The Morgan fingerprint density at radius 1 is 1.25 bits per heavy atom.